The second kappa shape index (κ2) is 5.60. The summed E-state index contributed by atoms with van der Waals surface area (Å²) in [6.45, 7) is 2.30. The molecule has 0 aliphatic heterocycles. The van der Waals surface area contributed by atoms with Crippen LogP contribution >= 0.6 is 0 Å². The number of nitriles is 1. The van der Waals surface area contributed by atoms with E-state index in [4.69, 9.17) is 5.10 Å². The lowest BCUT2D eigenvalue weighted by atomic mass is 9.69. The molecule has 0 saturated heterocycles. The summed E-state index contributed by atoms with van der Waals surface area (Å²) in [5, 5.41) is 14.4. The first kappa shape index (κ1) is 13.7. The summed E-state index contributed by atoms with van der Waals surface area (Å²) in [6.07, 6.45) is 12.6. The number of hydrogen-bond donors (Lipinski definition) is 0. The van der Waals surface area contributed by atoms with Gasteiger partial charge in [-0.2, -0.15) is 10.4 Å². The zero-order valence-corrected chi connectivity index (χ0v) is 12.5. The van der Waals surface area contributed by atoms with Crippen molar-refractivity contribution in [1.82, 2.24) is 9.78 Å². The Morgan fingerprint density at radius 3 is 2.65 bits per heavy atom. The van der Waals surface area contributed by atoms with Crippen molar-refractivity contribution in [3.63, 3.8) is 0 Å². The van der Waals surface area contributed by atoms with Gasteiger partial charge in [-0.25, -0.2) is 0 Å². The number of aromatic nitrogens is 2. The third kappa shape index (κ3) is 2.75. The van der Waals surface area contributed by atoms with Crippen LogP contribution in [0.2, 0.25) is 0 Å². The highest BCUT2D eigenvalue weighted by Gasteiger charge is 2.35. The highest BCUT2D eigenvalue weighted by molar-refractivity contribution is 5.11. The maximum absolute atomic E-state index is 9.62. The number of hydrogen-bond acceptors (Lipinski definition) is 2. The van der Waals surface area contributed by atoms with Gasteiger partial charge in [-0.05, 0) is 50.5 Å². The van der Waals surface area contributed by atoms with Gasteiger partial charge in [0.2, 0.25) is 0 Å². The highest BCUT2D eigenvalue weighted by Crippen LogP contribution is 2.40. The van der Waals surface area contributed by atoms with Gasteiger partial charge < -0.3 is 0 Å². The van der Waals surface area contributed by atoms with Crippen LogP contribution in [0.4, 0.5) is 0 Å². The molecule has 0 bridgehead atoms. The monoisotopic (exact) mass is 271 g/mol. The summed E-state index contributed by atoms with van der Waals surface area (Å²) >= 11 is 0. The van der Waals surface area contributed by atoms with E-state index in [0.29, 0.717) is 6.04 Å². The molecule has 20 heavy (non-hydrogen) atoms. The summed E-state index contributed by atoms with van der Waals surface area (Å²) in [5.41, 5.74) is 0.967. The Balaban J connectivity index is 1.69. The van der Waals surface area contributed by atoms with E-state index in [2.05, 4.69) is 29.9 Å². The van der Waals surface area contributed by atoms with Crippen LogP contribution in [0.25, 0.3) is 0 Å². The fraction of sp³-hybridized carbons (Fsp3) is 0.765. The van der Waals surface area contributed by atoms with Gasteiger partial charge in [-0.1, -0.05) is 19.8 Å². The molecule has 3 rings (SSSR count). The van der Waals surface area contributed by atoms with Gasteiger partial charge in [0.15, 0.2) is 0 Å². The fourth-order valence-electron chi connectivity index (χ4n) is 3.83. The smallest absolute Gasteiger partial charge is 0.0693 e. The van der Waals surface area contributed by atoms with E-state index in [1.54, 1.807) is 0 Å². The molecule has 0 aromatic carbocycles. The van der Waals surface area contributed by atoms with Gasteiger partial charge in [0, 0.05) is 12.6 Å². The van der Waals surface area contributed by atoms with E-state index >= 15 is 0 Å². The lowest BCUT2D eigenvalue weighted by Crippen LogP contribution is -2.27. The zero-order chi connectivity index (χ0) is 14.0. The molecule has 1 aromatic heterocycles. The molecule has 0 spiro atoms. The van der Waals surface area contributed by atoms with E-state index in [9.17, 15) is 5.26 Å². The normalized spacial score (nSPS) is 31.3. The van der Waals surface area contributed by atoms with Crippen LogP contribution < -0.4 is 0 Å². The van der Waals surface area contributed by atoms with Gasteiger partial charge in [0.1, 0.15) is 0 Å². The minimum absolute atomic E-state index is 0.151. The van der Waals surface area contributed by atoms with Crippen molar-refractivity contribution in [2.75, 3.05) is 0 Å². The van der Waals surface area contributed by atoms with Gasteiger partial charge in [-0.15, -0.1) is 0 Å². The molecule has 1 aromatic rings. The summed E-state index contributed by atoms with van der Waals surface area (Å²) in [4.78, 5) is 0. The van der Waals surface area contributed by atoms with E-state index in [0.717, 1.165) is 30.9 Å². The molecule has 2 fully saturated rings. The summed E-state index contributed by atoms with van der Waals surface area (Å²) < 4.78 is 2.15. The van der Waals surface area contributed by atoms with Gasteiger partial charge in [0.25, 0.3) is 0 Å². The molecule has 2 aliphatic carbocycles. The molecule has 0 radical (unpaired) electrons. The quantitative estimate of drug-likeness (QED) is 0.824. The van der Waals surface area contributed by atoms with E-state index in [1.165, 1.54) is 38.5 Å². The van der Waals surface area contributed by atoms with Gasteiger partial charge >= 0.3 is 0 Å². The molecule has 1 heterocycles. The van der Waals surface area contributed by atoms with Crippen LogP contribution in [0.3, 0.4) is 0 Å². The van der Waals surface area contributed by atoms with Crippen LogP contribution in [-0.4, -0.2) is 9.78 Å². The Morgan fingerprint density at radius 2 is 2.00 bits per heavy atom. The minimum Gasteiger partial charge on any atom is -0.269 e. The van der Waals surface area contributed by atoms with Crippen molar-refractivity contribution in [3.05, 3.63) is 18.0 Å². The first-order chi connectivity index (χ1) is 9.71. The largest absolute Gasteiger partial charge is 0.269 e. The molecular weight excluding hydrogens is 246 g/mol. The van der Waals surface area contributed by atoms with Crippen molar-refractivity contribution in [2.24, 2.45) is 11.3 Å². The van der Waals surface area contributed by atoms with Crippen LogP contribution in [0.15, 0.2) is 12.3 Å². The average Bonchev–Trinajstić information content (AvgIpc) is 3.12. The molecule has 0 amide bonds. The maximum atomic E-state index is 9.62. The average molecular weight is 271 g/mol. The molecule has 3 heteroatoms. The maximum Gasteiger partial charge on any atom is 0.0693 e. The van der Waals surface area contributed by atoms with E-state index < -0.39 is 0 Å². The number of rotatable bonds is 3. The molecule has 0 atom stereocenters. The Hall–Kier alpha value is -1.30. The van der Waals surface area contributed by atoms with E-state index in [1.807, 2.05) is 0 Å². The molecular formula is C17H25N3. The Morgan fingerprint density at radius 1 is 1.30 bits per heavy atom. The predicted octanol–water partition coefficient (Wildman–Crippen LogP) is 4.26. The SMILES string of the molecule is CC1CCC(C#N)(Cc2ccn(C3CCCC3)n2)CC1. The van der Waals surface area contributed by atoms with Crippen molar-refractivity contribution in [1.29, 1.82) is 5.26 Å². The Bertz CT molecular complexity index is 483. The van der Waals surface area contributed by atoms with Crippen molar-refractivity contribution in [2.45, 2.75) is 70.8 Å². The third-order valence-electron chi connectivity index (χ3n) is 5.35. The second-order valence-corrected chi connectivity index (χ2v) is 6.98. The van der Waals surface area contributed by atoms with Crippen molar-refractivity contribution >= 4 is 0 Å². The predicted molar refractivity (Wildman–Crippen MR) is 79.1 cm³/mol. The van der Waals surface area contributed by atoms with E-state index in [-0.39, 0.29) is 5.41 Å². The second-order valence-electron chi connectivity index (χ2n) is 6.98. The third-order valence-corrected chi connectivity index (χ3v) is 5.35. The lowest BCUT2D eigenvalue weighted by Gasteiger charge is -2.33. The topological polar surface area (TPSA) is 41.6 Å². The van der Waals surface area contributed by atoms with Crippen LogP contribution in [0, 0.1) is 22.7 Å². The van der Waals surface area contributed by atoms with Gasteiger partial charge in [-0.3, -0.25) is 4.68 Å². The molecule has 3 nitrogen and oxygen atoms in total. The fourth-order valence-corrected chi connectivity index (χ4v) is 3.83. The summed E-state index contributed by atoms with van der Waals surface area (Å²) in [7, 11) is 0. The molecule has 2 saturated carbocycles. The summed E-state index contributed by atoms with van der Waals surface area (Å²) in [5.74, 6) is 0.785. The Labute approximate surface area is 122 Å². The lowest BCUT2D eigenvalue weighted by molar-refractivity contribution is 0.216. The first-order valence-corrected chi connectivity index (χ1v) is 8.16. The Kier molecular flexibility index (Phi) is 3.83. The van der Waals surface area contributed by atoms with Crippen LogP contribution in [0.1, 0.15) is 70.0 Å². The summed E-state index contributed by atoms with van der Waals surface area (Å²) in [6, 6.07) is 5.36. The van der Waals surface area contributed by atoms with Crippen molar-refractivity contribution in [3.8, 4) is 6.07 Å². The molecule has 0 N–H and O–H groups in total. The first-order valence-electron chi connectivity index (χ1n) is 8.16. The standard InChI is InChI=1S/C17H25N3/c1-14-6-9-17(13-18,10-7-14)12-15-8-11-20(19-15)16-4-2-3-5-16/h8,11,14,16H,2-7,9-10,12H2,1H3. The molecule has 108 valence electrons. The zero-order valence-electron chi connectivity index (χ0n) is 12.5. The number of nitrogens with zero attached hydrogens (tertiary/aromatic N) is 3. The molecule has 2 aliphatic rings. The highest BCUT2D eigenvalue weighted by atomic mass is 15.3. The minimum atomic E-state index is -0.151. The van der Waals surface area contributed by atoms with Crippen LogP contribution in [-0.2, 0) is 6.42 Å². The van der Waals surface area contributed by atoms with Crippen LogP contribution in [0.5, 0.6) is 0 Å². The molecule has 0 unspecified atom stereocenters. The van der Waals surface area contributed by atoms with Crippen molar-refractivity contribution < 1.29 is 0 Å². The van der Waals surface area contributed by atoms with Gasteiger partial charge in [0.05, 0.1) is 23.2 Å².